The number of fused-ring (bicyclic) bond motifs is 3. The van der Waals surface area contributed by atoms with Crippen molar-refractivity contribution in [2.45, 2.75) is 0 Å². The topological polar surface area (TPSA) is 46.3 Å². The van der Waals surface area contributed by atoms with Crippen LogP contribution in [0.2, 0.25) is 15.3 Å². The normalized spacial score (nSPS) is 11.4. The third kappa shape index (κ3) is 2.83. The summed E-state index contributed by atoms with van der Waals surface area (Å²) in [7, 11) is 1.92. The predicted octanol–water partition coefficient (Wildman–Crippen LogP) is 5.77. The van der Waals surface area contributed by atoms with Gasteiger partial charge in [-0.25, -0.2) is 4.40 Å². The van der Waals surface area contributed by atoms with E-state index in [0.717, 1.165) is 21.1 Å². The van der Waals surface area contributed by atoms with Crippen molar-refractivity contribution in [3.8, 4) is 0 Å². The van der Waals surface area contributed by atoms with Gasteiger partial charge >= 0.3 is 0 Å². The van der Waals surface area contributed by atoms with Crippen LogP contribution in [0.3, 0.4) is 0 Å². The van der Waals surface area contributed by atoms with E-state index < -0.39 is 0 Å². The van der Waals surface area contributed by atoms with Gasteiger partial charge in [-0.05, 0) is 63.9 Å². The first-order valence-corrected chi connectivity index (χ1v) is 9.07. The summed E-state index contributed by atoms with van der Waals surface area (Å²) >= 11 is 21.9. The lowest BCUT2D eigenvalue weighted by atomic mass is 10.2. The summed E-state index contributed by atoms with van der Waals surface area (Å²) in [4.78, 5) is 6.57. The van der Waals surface area contributed by atoms with Crippen molar-refractivity contribution in [3.63, 3.8) is 0 Å². The average Bonchev–Trinajstić information content (AvgIpc) is 2.97. The lowest BCUT2D eigenvalue weighted by Gasteiger charge is -2.21. The first kappa shape index (κ1) is 16.8. The van der Waals surface area contributed by atoms with E-state index >= 15 is 0 Å². The van der Waals surface area contributed by atoms with E-state index in [9.17, 15) is 0 Å². The molecule has 2 heterocycles. The molecule has 0 saturated carbocycles. The Bertz CT molecular complexity index is 1130. The Morgan fingerprint density at radius 3 is 2.60 bits per heavy atom. The van der Waals surface area contributed by atoms with Crippen LogP contribution in [0.15, 0.2) is 40.9 Å². The van der Waals surface area contributed by atoms with E-state index in [4.69, 9.17) is 34.8 Å². The number of hydrogen-bond acceptors (Lipinski definition) is 4. The van der Waals surface area contributed by atoms with Crippen LogP contribution in [-0.4, -0.2) is 26.6 Å². The maximum absolute atomic E-state index is 6.17. The largest absolute Gasteiger partial charge is 0.329 e. The van der Waals surface area contributed by atoms with E-state index in [1.807, 2.05) is 48.3 Å². The van der Waals surface area contributed by atoms with E-state index in [2.05, 4.69) is 31.1 Å². The molecule has 0 aliphatic heterocycles. The van der Waals surface area contributed by atoms with Gasteiger partial charge in [0.05, 0.1) is 10.5 Å². The SMILES string of the molecule is CN(c1ccc(Cl)c(Br)c1)c1nc2nnc(Cl)n2c2cc(Cl)ccc12. The Kier molecular flexibility index (Phi) is 4.24. The van der Waals surface area contributed by atoms with Gasteiger partial charge in [0.1, 0.15) is 5.82 Å². The zero-order valence-corrected chi connectivity index (χ0v) is 16.6. The summed E-state index contributed by atoms with van der Waals surface area (Å²) in [5.41, 5.74) is 1.69. The molecule has 0 saturated heterocycles. The molecule has 0 N–H and O–H groups in total. The third-order valence-electron chi connectivity index (χ3n) is 3.86. The second kappa shape index (κ2) is 6.29. The number of halogens is 4. The van der Waals surface area contributed by atoms with Crippen molar-refractivity contribution >= 4 is 78.9 Å². The van der Waals surface area contributed by atoms with Crippen LogP contribution in [0, 0.1) is 0 Å². The molecule has 4 rings (SSSR count). The number of benzene rings is 2. The average molecular weight is 458 g/mol. The van der Waals surface area contributed by atoms with Gasteiger partial charge in [0.15, 0.2) is 0 Å². The highest BCUT2D eigenvalue weighted by Gasteiger charge is 2.17. The number of anilines is 2. The maximum Gasteiger partial charge on any atom is 0.258 e. The quantitative estimate of drug-likeness (QED) is 0.384. The zero-order chi connectivity index (χ0) is 17.7. The molecule has 5 nitrogen and oxygen atoms in total. The van der Waals surface area contributed by atoms with Crippen molar-refractivity contribution in [2.75, 3.05) is 11.9 Å². The molecular formula is C16H9BrCl3N5. The van der Waals surface area contributed by atoms with Gasteiger partial charge in [0, 0.05) is 27.6 Å². The first-order chi connectivity index (χ1) is 12.0. The molecule has 0 radical (unpaired) electrons. The summed E-state index contributed by atoms with van der Waals surface area (Å²) in [5, 5.41) is 10.3. The zero-order valence-electron chi connectivity index (χ0n) is 12.7. The van der Waals surface area contributed by atoms with E-state index in [-0.39, 0.29) is 5.28 Å². The summed E-state index contributed by atoms with van der Waals surface area (Å²) < 4.78 is 2.47. The van der Waals surface area contributed by atoms with Gasteiger partial charge < -0.3 is 4.90 Å². The van der Waals surface area contributed by atoms with Crippen LogP contribution in [0.1, 0.15) is 0 Å². The Balaban J connectivity index is 2.01. The molecule has 0 amide bonds. The molecular weight excluding hydrogens is 448 g/mol. The second-order valence-corrected chi connectivity index (χ2v) is 7.39. The molecule has 126 valence electrons. The molecule has 25 heavy (non-hydrogen) atoms. The first-order valence-electron chi connectivity index (χ1n) is 7.14. The van der Waals surface area contributed by atoms with Gasteiger partial charge in [0.2, 0.25) is 5.28 Å². The summed E-state index contributed by atoms with van der Waals surface area (Å²) in [6.07, 6.45) is 0. The molecule has 2 aromatic carbocycles. The van der Waals surface area contributed by atoms with Crippen LogP contribution >= 0.6 is 50.7 Å². The Labute approximate surface area is 166 Å². The lowest BCUT2D eigenvalue weighted by molar-refractivity contribution is 1.08. The summed E-state index contributed by atoms with van der Waals surface area (Å²) in [6, 6.07) is 11.2. The molecule has 2 aromatic heterocycles. The van der Waals surface area contributed by atoms with Crippen molar-refractivity contribution in [1.29, 1.82) is 0 Å². The molecule has 0 atom stereocenters. The maximum atomic E-state index is 6.17. The van der Waals surface area contributed by atoms with E-state index in [1.165, 1.54) is 0 Å². The predicted molar refractivity (Wildman–Crippen MR) is 106 cm³/mol. The van der Waals surface area contributed by atoms with Crippen LogP contribution in [0.25, 0.3) is 16.7 Å². The van der Waals surface area contributed by atoms with Crippen molar-refractivity contribution < 1.29 is 0 Å². The summed E-state index contributed by atoms with van der Waals surface area (Å²) in [6.45, 7) is 0. The van der Waals surface area contributed by atoms with E-state index in [0.29, 0.717) is 21.6 Å². The minimum absolute atomic E-state index is 0.234. The lowest BCUT2D eigenvalue weighted by Crippen LogP contribution is -2.13. The molecule has 0 aliphatic carbocycles. The number of nitrogens with zero attached hydrogens (tertiary/aromatic N) is 5. The van der Waals surface area contributed by atoms with Crippen LogP contribution in [-0.2, 0) is 0 Å². The second-order valence-electron chi connectivity index (χ2n) is 5.36. The number of rotatable bonds is 2. The number of hydrogen-bond donors (Lipinski definition) is 0. The van der Waals surface area contributed by atoms with Gasteiger partial charge in [-0.2, -0.15) is 4.98 Å². The molecule has 0 aliphatic rings. The fourth-order valence-electron chi connectivity index (χ4n) is 2.64. The Hall–Kier alpha value is -1.60. The standard InChI is InChI=1S/C16H9BrCl3N5/c1-24(9-3-5-12(19)11(17)7-9)14-10-4-2-8(18)6-13(10)25-15(20)22-23-16(25)21-14/h2-7H,1H3. The highest BCUT2D eigenvalue weighted by atomic mass is 79.9. The van der Waals surface area contributed by atoms with Crippen molar-refractivity contribution in [2.24, 2.45) is 0 Å². The fraction of sp³-hybridized carbons (Fsp3) is 0.0625. The highest BCUT2D eigenvalue weighted by Crippen LogP contribution is 2.34. The van der Waals surface area contributed by atoms with Crippen molar-refractivity contribution in [1.82, 2.24) is 19.6 Å². The Morgan fingerprint density at radius 1 is 1.04 bits per heavy atom. The van der Waals surface area contributed by atoms with Crippen LogP contribution in [0.5, 0.6) is 0 Å². The minimum atomic E-state index is 0.234. The van der Waals surface area contributed by atoms with Gasteiger partial charge in [0.25, 0.3) is 5.78 Å². The van der Waals surface area contributed by atoms with E-state index in [1.54, 1.807) is 4.40 Å². The molecule has 0 spiro atoms. The monoisotopic (exact) mass is 455 g/mol. The molecule has 4 aromatic rings. The Morgan fingerprint density at radius 2 is 1.84 bits per heavy atom. The molecule has 0 bridgehead atoms. The van der Waals surface area contributed by atoms with Gasteiger partial charge in [-0.3, -0.25) is 0 Å². The van der Waals surface area contributed by atoms with Gasteiger partial charge in [-0.15, -0.1) is 10.2 Å². The van der Waals surface area contributed by atoms with Crippen LogP contribution < -0.4 is 4.90 Å². The molecule has 0 unspecified atom stereocenters. The van der Waals surface area contributed by atoms with Gasteiger partial charge in [-0.1, -0.05) is 23.2 Å². The van der Waals surface area contributed by atoms with Crippen LogP contribution in [0.4, 0.5) is 11.5 Å². The summed E-state index contributed by atoms with van der Waals surface area (Å²) in [5.74, 6) is 1.10. The fourth-order valence-corrected chi connectivity index (χ4v) is 3.50. The third-order valence-corrected chi connectivity index (χ3v) is 5.56. The number of aromatic nitrogens is 4. The van der Waals surface area contributed by atoms with Crippen molar-refractivity contribution in [3.05, 3.63) is 56.2 Å². The highest BCUT2D eigenvalue weighted by molar-refractivity contribution is 9.10. The molecule has 0 fully saturated rings. The minimum Gasteiger partial charge on any atom is -0.329 e. The molecule has 9 heteroatoms. The smallest absolute Gasteiger partial charge is 0.258 e.